The molecule has 1 N–H and O–H groups in total. The fraction of sp³-hybridized carbons (Fsp3) is 0.188. The zero-order chi connectivity index (χ0) is 13.9. The molecule has 20 heavy (non-hydrogen) atoms. The van der Waals surface area contributed by atoms with Crippen LogP contribution in [0.4, 0.5) is 4.39 Å². The molecule has 0 fully saturated rings. The monoisotopic (exact) mass is 287 g/mol. The van der Waals surface area contributed by atoms with Gasteiger partial charge in [0.2, 0.25) is 5.91 Å². The minimum Gasteiger partial charge on any atom is -0.351 e. The number of hydrogen-bond acceptors (Lipinski definition) is 2. The third-order valence-electron chi connectivity index (χ3n) is 3.32. The van der Waals surface area contributed by atoms with Gasteiger partial charge in [0.15, 0.2) is 0 Å². The minimum atomic E-state index is -0.262. The predicted molar refractivity (Wildman–Crippen MR) is 78.0 cm³/mol. The van der Waals surface area contributed by atoms with E-state index in [1.165, 1.54) is 22.6 Å². The number of rotatable bonds is 3. The molecule has 0 bridgehead atoms. The Morgan fingerprint density at radius 3 is 2.70 bits per heavy atom. The molecule has 2 nitrogen and oxygen atoms in total. The Kier molecular flexibility index (Phi) is 3.74. The number of carbonyl (C=O) groups is 1. The highest BCUT2D eigenvalue weighted by atomic mass is 32.2. The number of benzene rings is 2. The lowest BCUT2D eigenvalue weighted by molar-refractivity contribution is -0.120. The van der Waals surface area contributed by atoms with E-state index < -0.39 is 0 Å². The first-order valence-corrected chi connectivity index (χ1v) is 7.37. The summed E-state index contributed by atoms with van der Waals surface area (Å²) in [5.74, 6) is -0.225. The summed E-state index contributed by atoms with van der Waals surface area (Å²) >= 11 is 1.61. The minimum absolute atomic E-state index is 0.0375. The zero-order valence-electron chi connectivity index (χ0n) is 10.8. The SMILES string of the molecule is O=C(NCc1ccc(F)cc1)C1Cc2ccccc2S1. The van der Waals surface area contributed by atoms with Crippen LogP contribution in [0.5, 0.6) is 0 Å². The van der Waals surface area contributed by atoms with Gasteiger partial charge in [-0.3, -0.25) is 4.79 Å². The van der Waals surface area contributed by atoms with E-state index >= 15 is 0 Å². The summed E-state index contributed by atoms with van der Waals surface area (Å²) in [6, 6.07) is 14.3. The van der Waals surface area contributed by atoms with Crippen LogP contribution in [-0.2, 0) is 17.8 Å². The van der Waals surface area contributed by atoms with E-state index in [1.807, 2.05) is 18.2 Å². The van der Waals surface area contributed by atoms with Gasteiger partial charge in [-0.15, -0.1) is 11.8 Å². The van der Waals surface area contributed by atoms with Crippen molar-refractivity contribution < 1.29 is 9.18 Å². The molecule has 3 rings (SSSR count). The van der Waals surface area contributed by atoms with Crippen molar-refractivity contribution >= 4 is 17.7 Å². The fourth-order valence-electron chi connectivity index (χ4n) is 2.23. The molecule has 0 spiro atoms. The van der Waals surface area contributed by atoms with Gasteiger partial charge in [0.25, 0.3) is 0 Å². The summed E-state index contributed by atoms with van der Waals surface area (Å²) < 4.78 is 12.8. The summed E-state index contributed by atoms with van der Waals surface area (Å²) in [6.45, 7) is 0.437. The number of carbonyl (C=O) groups excluding carboxylic acids is 1. The lowest BCUT2D eigenvalue weighted by Crippen LogP contribution is -2.31. The van der Waals surface area contributed by atoms with Crippen molar-refractivity contribution in [2.75, 3.05) is 0 Å². The lowest BCUT2D eigenvalue weighted by Gasteiger charge is -2.10. The maximum Gasteiger partial charge on any atom is 0.234 e. The molecule has 0 aromatic heterocycles. The number of halogens is 1. The first-order valence-electron chi connectivity index (χ1n) is 6.49. The number of hydrogen-bond donors (Lipinski definition) is 1. The second-order valence-electron chi connectivity index (χ2n) is 4.76. The van der Waals surface area contributed by atoms with E-state index in [0.717, 1.165) is 12.0 Å². The zero-order valence-corrected chi connectivity index (χ0v) is 11.6. The van der Waals surface area contributed by atoms with Crippen LogP contribution in [0, 0.1) is 5.82 Å². The van der Waals surface area contributed by atoms with E-state index in [1.54, 1.807) is 23.9 Å². The van der Waals surface area contributed by atoms with Gasteiger partial charge >= 0.3 is 0 Å². The molecule has 1 unspecified atom stereocenters. The smallest absolute Gasteiger partial charge is 0.234 e. The molecule has 2 aromatic carbocycles. The Balaban J connectivity index is 1.57. The van der Waals surface area contributed by atoms with E-state index in [0.29, 0.717) is 6.54 Å². The van der Waals surface area contributed by atoms with Crippen molar-refractivity contribution in [1.82, 2.24) is 5.32 Å². The maximum atomic E-state index is 12.8. The van der Waals surface area contributed by atoms with Crippen LogP contribution in [0.1, 0.15) is 11.1 Å². The summed E-state index contributed by atoms with van der Waals surface area (Å²) in [5, 5.41) is 2.85. The first-order chi connectivity index (χ1) is 9.72. The molecular formula is C16H14FNOS. The third kappa shape index (κ3) is 2.85. The van der Waals surface area contributed by atoms with E-state index in [9.17, 15) is 9.18 Å². The first kappa shape index (κ1) is 13.2. The summed E-state index contributed by atoms with van der Waals surface area (Å²) in [5.41, 5.74) is 2.14. The topological polar surface area (TPSA) is 29.1 Å². The molecule has 0 aliphatic carbocycles. The van der Waals surface area contributed by atoms with Crippen molar-refractivity contribution in [3.8, 4) is 0 Å². The molecule has 1 heterocycles. The average Bonchev–Trinajstić information content (AvgIpc) is 2.90. The van der Waals surface area contributed by atoms with Crippen molar-refractivity contribution in [1.29, 1.82) is 0 Å². The van der Waals surface area contributed by atoms with Gasteiger partial charge in [-0.1, -0.05) is 30.3 Å². The van der Waals surface area contributed by atoms with Crippen LogP contribution >= 0.6 is 11.8 Å². The fourth-order valence-corrected chi connectivity index (χ4v) is 3.45. The summed E-state index contributed by atoms with van der Waals surface area (Å²) in [7, 11) is 0. The molecule has 2 aromatic rings. The predicted octanol–water partition coefficient (Wildman–Crippen LogP) is 3.16. The molecule has 0 saturated heterocycles. The van der Waals surface area contributed by atoms with Crippen LogP contribution in [-0.4, -0.2) is 11.2 Å². The Bertz CT molecular complexity index is 602. The van der Waals surface area contributed by atoms with Crippen LogP contribution in [0.3, 0.4) is 0 Å². The van der Waals surface area contributed by atoms with Crippen LogP contribution in [0.2, 0.25) is 0 Å². The number of amides is 1. The van der Waals surface area contributed by atoms with Crippen molar-refractivity contribution in [3.05, 3.63) is 65.5 Å². The van der Waals surface area contributed by atoms with E-state index in [4.69, 9.17) is 0 Å². The van der Waals surface area contributed by atoms with Gasteiger partial charge in [-0.05, 0) is 35.7 Å². The normalized spacial score (nSPS) is 16.8. The molecule has 0 radical (unpaired) electrons. The van der Waals surface area contributed by atoms with Crippen molar-refractivity contribution in [3.63, 3.8) is 0 Å². The van der Waals surface area contributed by atoms with Crippen LogP contribution in [0.25, 0.3) is 0 Å². The number of fused-ring (bicyclic) bond motifs is 1. The van der Waals surface area contributed by atoms with Crippen LogP contribution in [0.15, 0.2) is 53.4 Å². The van der Waals surface area contributed by atoms with E-state index in [-0.39, 0.29) is 17.0 Å². The Hall–Kier alpha value is -1.81. The largest absolute Gasteiger partial charge is 0.351 e. The van der Waals surface area contributed by atoms with Gasteiger partial charge in [-0.25, -0.2) is 4.39 Å². The molecule has 102 valence electrons. The van der Waals surface area contributed by atoms with E-state index in [2.05, 4.69) is 11.4 Å². The Morgan fingerprint density at radius 1 is 1.20 bits per heavy atom. The molecule has 4 heteroatoms. The van der Waals surface area contributed by atoms with Gasteiger partial charge in [0, 0.05) is 11.4 Å². The molecular weight excluding hydrogens is 273 g/mol. The Labute approximate surface area is 121 Å². The van der Waals surface area contributed by atoms with Crippen molar-refractivity contribution in [2.45, 2.75) is 23.1 Å². The number of thioether (sulfide) groups is 1. The summed E-state index contributed by atoms with van der Waals surface area (Å²) in [4.78, 5) is 13.3. The number of nitrogens with one attached hydrogen (secondary N) is 1. The lowest BCUT2D eigenvalue weighted by atomic mass is 10.1. The molecule has 1 aliphatic heterocycles. The Morgan fingerprint density at radius 2 is 1.95 bits per heavy atom. The average molecular weight is 287 g/mol. The molecule has 0 saturated carbocycles. The highest BCUT2D eigenvalue weighted by Crippen LogP contribution is 2.36. The standard InChI is InChI=1S/C16H14FNOS/c17-13-7-5-11(6-8-13)10-18-16(19)15-9-12-3-1-2-4-14(12)20-15/h1-8,15H,9-10H2,(H,18,19). The van der Waals surface area contributed by atoms with Crippen molar-refractivity contribution in [2.24, 2.45) is 0 Å². The van der Waals surface area contributed by atoms with Gasteiger partial charge < -0.3 is 5.32 Å². The highest BCUT2D eigenvalue weighted by molar-refractivity contribution is 8.01. The van der Waals surface area contributed by atoms with Crippen LogP contribution < -0.4 is 5.32 Å². The van der Waals surface area contributed by atoms with Gasteiger partial charge in [0.1, 0.15) is 5.82 Å². The third-order valence-corrected chi connectivity index (χ3v) is 4.64. The quantitative estimate of drug-likeness (QED) is 0.939. The molecule has 1 aliphatic rings. The molecule has 1 atom stereocenters. The molecule has 1 amide bonds. The summed E-state index contributed by atoms with van der Waals surface area (Å²) in [6.07, 6.45) is 0.774. The van der Waals surface area contributed by atoms with Gasteiger partial charge in [-0.2, -0.15) is 0 Å². The second-order valence-corrected chi connectivity index (χ2v) is 6.01. The maximum absolute atomic E-state index is 12.8. The second kappa shape index (κ2) is 5.67. The highest BCUT2D eigenvalue weighted by Gasteiger charge is 2.27. The van der Waals surface area contributed by atoms with Gasteiger partial charge in [0.05, 0.1) is 5.25 Å².